The molecule has 2 aliphatic heterocycles. The number of rotatable bonds is 2. The van der Waals surface area contributed by atoms with Crippen LogP contribution in [-0.4, -0.2) is 37.9 Å². The number of hydrogen-bond acceptors (Lipinski definition) is 4. The zero-order valence-corrected chi connectivity index (χ0v) is 11.2. The lowest BCUT2D eigenvalue weighted by molar-refractivity contribution is 0.959. The smallest absolute Gasteiger partial charge is 0.129 e. The maximum absolute atomic E-state index is 4.57. The summed E-state index contributed by atoms with van der Waals surface area (Å²) in [6.45, 7) is 3.56. The summed E-state index contributed by atoms with van der Waals surface area (Å²) < 4.78 is 0. The number of hydrogen-bond donors (Lipinski definition) is 2. The Labute approximate surface area is 117 Å². The molecule has 0 bridgehead atoms. The highest BCUT2D eigenvalue weighted by Crippen LogP contribution is 2.23. The van der Waals surface area contributed by atoms with Crippen LogP contribution in [0.3, 0.4) is 0 Å². The van der Waals surface area contributed by atoms with Gasteiger partial charge in [0.15, 0.2) is 0 Å². The van der Waals surface area contributed by atoms with Gasteiger partial charge in [0, 0.05) is 24.2 Å². The van der Waals surface area contributed by atoms with Gasteiger partial charge in [0.2, 0.25) is 0 Å². The van der Waals surface area contributed by atoms with E-state index in [1.807, 2.05) is 0 Å². The Morgan fingerprint density at radius 3 is 2.35 bits per heavy atom. The molecule has 2 aromatic rings. The first-order chi connectivity index (χ1) is 9.92. The second kappa shape index (κ2) is 4.63. The molecule has 4 rings (SSSR count). The fourth-order valence-electron chi connectivity index (χ4n) is 2.81. The largest absolute Gasteiger partial charge is 0.368 e. The van der Waals surface area contributed by atoms with E-state index < -0.39 is 0 Å². The molecule has 0 aromatic heterocycles. The number of fused-ring (bicyclic) bond motifs is 1. The second-order valence-corrected chi connectivity index (χ2v) is 5.06. The maximum Gasteiger partial charge on any atom is 0.129 e. The van der Waals surface area contributed by atoms with Gasteiger partial charge in [-0.3, -0.25) is 9.98 Å². The fraction of sp³-hybridized carbons (Fsp3) is 0.250. The van der Waals surface area contributed by atoms with E-state index in [0.717, 1.165) is 43.4 Å². The van der Waals surface area contributed by atoms with Crippen LogP contribution in [0.1, 0.15) is 11.1 Å². The molecule has 2 heterocycles. The van der Waals surface area contributed by atoms with Crippen LogP contribution in [0.15, 0.2) is 46.4 Å². The van der Waals surface area contributed by atoms with E-state index in [1.165, 1.54) is 16.3 Å². The molecule has 0 saturated heterocycles. The molecule has 100 valence electrons. The number of aliphatic imine (C=N–C) groups is 2. The van der Waals surface area contributed by atoms with Crippen molar-refractivity contribution in [2.45, 2.75) is 0 Å². The van der Waals surface area contributed by atoms with Gasteiger partial charge in [-0.15, -0.1) is 0 Å². The molecule has 2 N–H and O–H groups in total. The van der Waals surface area contributed by atoms with Crippen molar-refractivity contribution in [1.82, 2.24) is 10.6 Å². The molecule has 2 aromatic carbocycles. The van der Waals surface area contributed by atoms with Gasteiger partial charge in [0.25, 0.3) is 0 Å². The molecule has 4 nitrogen and oxygen atoms in total. The standard InChI is InChI=1S/C16H16N4/c1-2-4-13-11(3-1)9-12(15-17-5-6-18-15)10-14(13)16-19-7-8-20-16/h1-4,9-10H,5-8H2,(H,17,18)(H,19,20). The van der Waals surface area contributed by atoms with E-state index in [2.05, 4.69) is 57.0 Å². The Morgan fingerprint density at radius 2 is 1.60 bits per heavy atom. The van der Waals surface area contributed by atoms with E-state index in [0.29, 0.717) is 0 Å². The topological polar surface area (TPSA) is 48.8 Å². The first-order valence-electron chi connectivity index (χ1n) is 7.02. The first kappa shape index (κ1) is 11.5. The van der Waals surface area contributed by atoms with Crippen molar-refractivity contribution in [2.75, 3.05) is 26.2 Å². The van der Waals surface area contributed by atoms with Crippen LogP contribution in [0.5, 0.6) is 0 Å². The number of amidine groups is 2. The van der Waals surface area contributed by atoms with Crippen molar-refractivity contribution in [3.8, 4) is 0 Å². The third-order valence-electron chi connectivity index (χ3n) is 3.74. The minimum Gasteiger partial charge on any atom is -0.368 e. The van der Waals surface area contributed by atoms with Crippen molar-refractivity contribution < 1.29 is 0 Å². The lowest BCUT2D eigenvalue weighted by Gasteiger charge is -2.11. The summed E-state index contributed by atoms with van der Waals surface area (Å²) in [5.74, 6) is 2.00. The third-order valence-corrected chi connectivity index (χ3v) is 3.74. The van der Waals surface area contributed by atoms with E-state index in [-0.39, 0.29) is 0 Å². The molecular formula is C16H16N4. The molecular weight excluding hydrogens is 248 g/mol. The number of nitrogens with zero attached hydrogens (tertiary/aromatic N) is 2. The molecule has 0 saturated carbocycles. The van der Waals surface area contributed by atoms with Crippen LogP contribution < -0.4 is 10.6 Å². The predicted octanol–water partition coefficient (Wildman–Crippen LogP) is 1.54. The lowest BCUT2D eigenvalue weighted by Crippen LogP contribution is -2.22. The second-order valence-electron chi connectivity index (χ2n) is 5.06. The van der Waals surface area contributed by atoms with E-state index in [4.69, 9.17) is 0 Å². The first-order valence-corrected chi connectivity index (χ1v) is 7.02. The molecule has 20 heavy (non-hydrogen) atoms. The average Bonchev–Trinajstić information content (AvgIpc) is 3.19. The van der Waals surface area contributed by atoms with Crippen molar-refractivity contribution >= 4 is 22.4 Å². The summed E-state index contributed by atoms with van der Waals surface area (Å²) in [7, 11) is 0. The van der Waals surface area contributed by atoms with Crippen molar-refractivity contribution in [3.05, 3.63) is 47.5 Å². The zero-order valence-electron chi connectivity index (χ0n) is 11.2. The molecule has 0 spiro atoms. The highest BCUT2D eigenvalue weighted by atomic mass is 15.1. The molecule has 4 heteroatoms. The maximum atomic E-state index is 4.57. The van der Waals surface area contributed by atoms with Gasteiger partial charge in [0.1, 0.15) is 11.7 Å². The minimum absolute atomic E-state index is 0.854. The van der Waals surface area contributed by atoms with Gasteiger partial charge in [-0.05, 0) is 22.9 Å². The van der Waals surface area contributed by atoms with E-state index >= 15 is 0 Å². The van der Waals surface area contributed by atoms with Crippen LogP contribution in [0.4, 0.5) is 0 Å². The van der Waals surface area contributed by atoms with Crippen molar-refractivity contribution in [1.29, 1.82) is 0 Å². The quantitative estimate of drug-likeness (QED) is 0.864. The molecule has 0 atom stereocenters. The van der Waals surface area contributed by atoms with E-state index in [9.17, 15) is 0 Å². The van der Waals surface area contributed by atoms with Gasteiger partial charge < -0.3 is 10.6 Å². The summed E-state index contributed by atoms with van der Waals surface area (Å²) in [5, 5.41) is 9.19. The van der Waals surface area contributed by atoms with Crippen LogP contribution in [0.25, 0.3) is 10.8 Å². The third kappa shape index (κ3) is 1.84. The van der Waals surface area contributed by atoms with Gasteiger partial charge >= 0.3 is 0 Å². The van der Waals surface area contributed by atoms with Crippen LogP contribution in [0.2, 0.25) is 0 Å². The molecule has 2 aliphatic rings. The van der Waals surface area contributed by atoms with Gasteiger partial charge in [-0.1, -0.05) is 24.3 Å². The van der Waals surface area contributed by atoms with Gasteiger partial charge in [0.05, 0.1) is 13.1 Å². The zero-order chi connectivity index (χ0) is 13.4. The molecule has 0 fully saturated rings. The van der Waals surface area contributed by atoms with Crippen LogP contribution in [0, 0.1) is 0 Å². The summed E-state index contributed by atoms with van der Waals surface area (Å²) in [6, 6.07) is 12.8. The normalized spacial score (nSPS) is 17.6. The Hall–Kier alpha value is -2.36. The summed E-state index contributed by atoms with van der Waals surface area (Å²) >= 11 is 0. The Balaban J connectivity index is 1.94. The molecule has 0 radical (unpaired) electrons. The summed E-state index contributed by atoms with van der Waals surface area (Å²) in [6.07, 6.45) is 0. The summed E-state index contributed by atoms with van der Waals surface area (Å²) in [5.41, 5.74) is 2.32. The average molecular weight is 264 g/mol. The fourth-order valence-corrected chi connectivity index (χ4v) is 2.81. The highest BCUT2D eigenvalue weighted by molar-refractivity contribution is 6.13. The number of benzene rings is 2. The van der Waals surface area contributed by atoms with Crippen molar-refractivity contribution in [2.24, 2.45) is 9.98 Å². The minimum atomic E-state index is 0.854. The Bertz CT molecular complexity index is 730. The van der Waals surface area contributed by atoms with Crippen molar-refractivity contribution in [3.63, 3.8) is 0 Å². The lowest BCUT2D eigenvalue weighted by atomic mass is 9.99. The molecule has 0 aliphatic carbocycles. The Kier molecular flexibility index (Phi) is 2.66. The molecule has 0 amide bonds. The van der Waals surface area contributed by atoms with Gasteiger partial charge in [-0.25, -0.2) is 0 Å². The van der Waals surface area contributed by atoms with E-state index in [1.54, 1.807) is 0 Å². The highest BCUT2D eigenvalue weighted by Gasteiger charge is 2.15. The SMILES string of the molecule is c1ccc2c(C3=NCCN3)cc(C3=NCCN3)cc2c1. The van der Waals surface area contributed by atoms with Gasteiger partial charge in [-0.2, -0.15) is 0 Å². The van der Waals surface area contributed by atoms with Crippen LogP contribution in [-0.2, 0) is 0 Å². The Morgan fingerprint density at radius 1 is 0.850 bits per heavy atom. The van der Waals surface area contributed by atoms with Crippen LogP contribution >= 0.6 is 0 Å². The predicted molar refractivity (Wildman–Crippen MR) is 82.8 cm³/mol. The number of nitrogens with one attached hydrogen (secondary N) is 2. The molecule has 0 unspecified atom stereocenters. The monoisotopic (exact) mass is 264 g/mol. The summed E-state index contributed by atoms with van der Waals surface area (Å²) in [4.78, 5) is 9.09.